The number of nitrogens with one attached hydrogen (secondary N) is 1. The monoisotopic (exact) mass is 250 g/mol. The van der Waals surface area contributed by atoms with Gasteiger partial charge in [-0.3, -0.25) is 4.98 Å². The number of pyridine rings is 1. The molecule has 0 spiro atoms. The van der Waals surface area contributed by atoms with E-state index in [-0.39, 0.29) is 12.1 Å². The predicted octanol–water partition coefficient (Wildman–Crippen LogP) is 2.04. The first-order valence-corrected chi connectivity index (χ1v) is 6.70. The highest BCUT2D eigenvalue weighted by Crippen LogP contribution is 2.25. The first-order chi connectivity index (χ1) is 8.66. The van der Waals surface area contributed by atoms with Crippen LogP contribution >= 0.6 is 0 Å². The molecule has 1 aliphatic rings. The minimum atomic E-state index is -0.506. The van der Waals surface area contributed by atoms with Crippen LogP contribution in [0.15, 0.2) is 18.5 Å². The highest BCUT2D eigenvalue weighted by atomic mass is 16.5. The summed E-state index contributed by atoms with van der Waals surface area (Å²) in [5.74, 6) is 0.720. The molecule has 0 radical (unpaired) electrons. The van der Waals surface area contributed by atoms with Crippen molar-refractivity contribution in [3.63, 3.8) is 0 Å². The molecule has 1 aliphatic heterocycles. The summed E-state index contributed by atoms with van der Waals surface area (Å²) in [5, 5.41) is 13.7. The van der Waals surface area contributed by atoms with E-state index in [4.69, 9.17) is 4.74 Å². The van der Waals surface area contributed by atoms with Gasteiger partial charge in [0.2, 0.25) is 0 Å². The lowest BCUT2D eigenvalue weighted by Gasteiger charge is -2.28. The van der Waals surface area contributed by atoms with Crippen LogP contribution < -0.4 is 10.1 Å². The number of aromatic nitrogens is 1. The molecule has 0 aromatic carbocycles. The fourth-order valence-corrected chi connectivity index (χ4v) is 2.31. The summed E-state index contributed by atoms with van der Waals surface area (Å²) in [5.41, 5.74) is 0.826. The second kappa shape index (κ2) is 6.16. The van der Waals surface area contributed by atoms with E-state index in [1.165, 1.54) is 12.8 Å². The molecule has 0 bridgehead atoms. The van der Waals surface area contributed by atoms with Crippen molar-refractivity contribution in [3.05, 3.63) is 24.0 Å². The second-order valence-electron chi connectivity index (χ2n) is 5.12. The van der Waals surface area contributed by atoms with Crippen LogP contribution in [-0.2, 0) is 0 Å². The number of hydrogen-bond acceptors (Lipinski definition) is 4. The zero-order valence-corrected chi connectivity index (χ0v) is 11.1. The lowest BCUT2D eigenvalue weighted by Crippen LogP contribution is -2.38. The van der Waals surface area contributed by atoms with Crippen molar-refractivity contribution in [2.24, 2.45) is 0 Å². The first-order valence-electron chi connectivity index (χ1n) is 6.70. The molecule has 100 valence electrons. The summed E-state index contributed by atoms with van der Waals surface area (Å²) < 4.78 is 5.60. The molecule has 1 aromatic rings. The molecule has 2 atom stereocenters. The number of piperidine rings is 1. The van der Waals surface area contributed by atoms with Gasteiger partial charge >= 0.3 is 0 Å². The average molecular weight is 250 g/mol. The van der Waals surface area contributed by atoms with Gasteiger partial charge in [-0.1, -0.05) is 6.42 Å². The van der Waals surface area contributed by atoms with Gasteiger partial charge in [-0.15, -0.1) is 0 Å². The second-order valence-corrected chi connectivity index (χ2v) is 5.12. The Bertz CT molecular complexity index is 376. The number of nitrogens with zero attached hydrogens (tertiary/aromatic N) is 1. The van der Waals surface area contributed by atoms with E-state index in [0.717, 1.165) is 24.3 Å². The van der Waals surface area contributed by atoms with E-state index in [1.54, 1.807) is 12.4 Å². The maximum absolute atomic E-state index is 10.3. The molecule has 18 heavy (non-hydrogen) atoms. The van der Waals surface area contributed by atoms with Crippen molar-refractivity contribution in [3.8, 4) is 5.75 Å². The molecule has 2 rings (SSSR count). The molecule has 0 aliphatic carbocycles. The maximum Gasteiger partial charge on any atom is 0.138 e. The zero-order valence-electron chi connectivity index (χ0n) is 11.1. The Morgan fingerprint density at radius 2 is 2.22 bits per heavy atom. The molecule has 4 nitrogen and oxygen atoms in total. The number of aliphatic hydroxyl groups is 1. The third kappa shape index (κ3) is 3.43. The lowest BCUT2D eigenvalue weighted by atomic mass is 9.96. The molecule has 0 amide bonds. The molecule has 1 aromatic heterocycles. The van der Waals surface area contributed by atoms with E-state index in [9.17, 15) is 5.11 Å². The maximum atomic E-state index is 10.3. The number of ether oxygens (including phenoxy) is 1. The molecule has 4 heteroatoms. The van der Waals surface area contributed by atoms with Crippen LogP contribution in [0.5, 0.6) is 5.75 Å². The summed E-state index contributed by atoms with van der Waals surface area (Å²) in [4.78, 5) is 4.14. The fourth-order valence-electron chi connectivity index (χ4n) is 2.31. The number of rotatable bonds is 4. The van der Waals surface area contributed by atoms with Crippen LogP contribution in [0, 0.1) is 0 Å². The summed E-state index contributed by atoms with van der Waals surface area (Å²) >= 11 is 0. The van der Waals surface area contributed by atoms with Gasteiger partial charge in [0.1, 0.15) is 5.75 Å². The minimum Gasteiger partial charge on any atom is -0.489 e. The smallest absolute Gasteiger partial charge is 0.138 e. The quantitative estimate of drug-likeness (QED) is 0.858. The van der Waals surface area contributed by atoms with Gasteiger partial charge in [0.05, 0.1) is 18.4 Å². The molecule has 2 heterocycles. The van der Waals surface area contributed by atoms with Gasteiger partial charge < -0.3 is 15.2 Å². The molecule has 2 N–H and O–H groups in total. The molecule has 0 saturated carbocycles. The highest BCUT2D eigenvalue weighted by molar-refractivity contribution is 5.26. The van der Waals surface area contributed by atoms with Crippen LogP contribution in [0.1, 0.15) is 44.8 Å². The van der Waals surface area contributed by atoms with Gasteiger partial charge in [0.15, 0.2) is 0 Å². The van der Waals surface area contributed by atoms with Gasteiger partial charge in [-0.2, -0.15) is 0 Å². The summed E-state index contributed by atoms with van der Waals surface area (Å²) in [7, 11) is 0. The van der Waals surface area contributed by atoms with Crippen molar-refractivity contribution >= 4 is 0 Å². The first kappa shape index (κ1) is 13.3. The molecule has 1 saturated heterocycles. The Kier molecular flexibility index (Phi) is 4.55. The summed E-state index contributed by atoms with van der Waals surface area (Å²) in [6.45, 7) is 4.94. The lowest BCUT2D eigenvalue weighted by molar-refractivity contribution is 0.113. The fraction of sp³-hybridized carbons (Fsp3) is 0.643. The standard InChI is InChI=1S/C14H22N2O2/c1-10(2)18-12-7-11(8-15-9-12)14(17)13-5-3-4-6-16-13/h7-10,13-14,16-17H,3-6H2,1-2H3. The Morgan fingerprint density at radius 1 is 1.39 bits per heavy atom. The Morgan fingerprint density at radius 3 is 2.89 bits per heavy atom. The summed E-state index contributed by atoms with van der Waals surface area (Å²) in [6, 6.07) is 2.02. The predicted molar refractivity (Wildman–Crippen MR) is 70.6 cm³/mol. The van der Waals surface area contributed by atoms with Crippen LogP contribution in [-0.4, -0.2) is 28.8 Å². The van der Waals surface area contributed by atoms with Crippen molar-refractivity contribution in [1.82, 2.24) is 10.3 Å². The largest absolute Gasteiger partial charge is 0.489 e. The van der Waals surface area contributed by atoms with Gasteiger partial charge in [-0.25, -0.2) is 0 Å². The minimum absolute atomic E-state index is 0.118. The van der Waals surface area contributed by atoms with Crippen LogP contribution in [0.3, 0.4) is 0 Å². The normalized spacial score (nSPS) is 21.9. The van der Waals surface area contributed by atoms with E-state index in [2.05, 4.69) is 10.3 Å². The number of aliphatic hydroxyl groups excluding tert-OH is 1. The topological polar surface area (TPSA) is 54.4 Å². The van der Waals surface area contributed by atoms with E-state index >= 15 is 0 Å². The highest BCUT2D eigenvalue weighted by Gasteiger charge is 2.23. The zero-order chi connectivity index (χ0) is 13.0. The van der Waals surface area contributed by atoms with Crippen LogP contribution in [0.25, 0.3) is 0 Å². The van der Waals surface area contributed by atoms with Crippen LogP contribution in [0.4, 0.5) is 0 Å². The molecular formula is C14H22N2O2. The Labute approximate surface area is 108 Å². The van der Waals surface area contributed by atoms with Crippen molar-refractivity contribution in [2.45, 2.75) is 51.4 Å². The van der Waals surface area contributed by atoms with E-state index in [0.29, 0.717) is 0 Å². The van der Waals surface area contributed by atoms with Crippen LogP contribution in [0.2, 0.25) is 0 Å². The van der Waals surface area contributed by atoms with Gasteiger partial charge in [-0.05, 0) is 39.3 Å². The van der Waals surface area contributed by atoms with E-state index < -0.39 is 6.10 Å². The molecule has 1 fully saturated rings. The van der Waals surface area contributed by atoms with Crippen molar-refractivity contribution in [2.75, 3.05) is 6.54 Å². The van der Waals surface area contributed by atoms with Crippen molar-refractivity contribution < 1.29 is 9.84 Å². The van der Waals surface area contributed by atoms with E-state index in [1.807, 2.05) is 19.9 Å². The molecular weight excluding hydrogens is 228 g/mol. The van der Waals surface area contributed by atoms with Gasteiger partial charge in [0, 0.05) is 17.8 Å². The SMILES string of the molecule is CC(C)Oc1cncc(C(O)C2CCCCN2)c1. The Hall–Kier alpha value is -1.13. The van der Waals surface area contributed by atoms with Gasteiger partial charge in [0.25, 0.3) is 0 Å². The third-order valence-corrected chi connectivity index (χ3v) is 3.18. The van der Waals surface area contributed by atoms with Crippen molar-refractivity contribution in [1.29, 1.82) is 0 Å². The average Bonchev–Trinajstić information content (AvgIpc) is 2.38. The Balaban J connectivity index is 2.06. The molecule has 2 unspecified atom stereocenters. The third-order valence-electron chi connectivity index (χ3n) is 3.18. The summed E-state index contributed by atoms with van der Waals surface area (Å²) in [6.07, 6.45) is 6.39. The number of hydrogen-bond donors (Lipinski definition) is 2.